The van der Waals surface area contributed by atoms with Gasteiger partial charge in [-0.25, -0.2) is 4.98 Å². The molecule has 5 rings (SSSR count). The molecule has 0 atom stereocenters. The summed E-state index contributed by atoms with van der Waals surface area (Å²) in [6.07, 6.45) is 9.78. The Labute approximate surface area is 124 Å². The van der Waals surface area contributed by atoms with Gasteiger partial charge in [-0.05, 0) is 67.8 Å². The number of anilines is 1. The standard InChI is InChI=1S/C16H21N3O2/c20-19(21)14-1-2-15(17-9-14)18-10-16-6-11-3-12(7-16)5-13(4-11)8-16/h1-2,9,11-13H,3-8,10H2,(H,17,18). The third-order valence-corrected chi connectivity index (χ3v) is 5.77. The first-order chi connectivity index (χ1) is 10.1. The molecule has 5 heteroatoms. The third-order valence-electron chi connectivity index (χ3n) is 5.77. The van der Waals surface area contributed by atoms with Crippen molar-refractivity contribution in [2.24, 2.45) is 23.2 Å². The molecule has 4 saturated carbocycles. The molecular weight excluding hydrogens is 266 g/mol. The van der Waals surface area contributed by atoms with Crippen LogP contribution in [-0.4, -0.2) is 16.5 Å². The van der Waals surface area contributed by atoms with Gasteiger partial charge in [-0.15, -0.1) is 0 Å². The van der Waals surface area contributed by atoms with Crippen molar-refractivity contribution in [1.82, 2.24) is 4.98 Å². The van der Waals surface area contributed by atoms with Crippen molar-refractivity contribution in [2.75, 3.05) is 11.9 Å². The molecule has 1 heterocycles. The highest BCUT2D eigenvalue weighted by atomic mass is 16.6. The zero-order chi connectivity index (χ0) is 14.4. The predicted octanol–water partition coefficient (Wildman–Crippen LogP) is 3.62. The van der Waals surface area contributed by atoms with Gasteiger partial charge in [0.1, 0.15) is 12.0 Å². The lowest BCUT2D eigenvalue weighted by molar-refractivity contribution is -0.385. The number of nitrogens with one attached hydrogen (secondary N) is 1. The second-order valence-corrected chi connectivity index (χ2v) is 7.43. The van der Waals surface area contributed by atoms with E-state index in [0.717, 1.165) is 30.1 Å². The van der Waals surface area contributed by atoms with Crippen molar-refractivity contribution in [3.63, 3.8) is 0 Å². The van der Waals surface area contributed by atoms with E-state index in [1.165, 1.54) is 50.8 Å². The summed E-state index contributed by atoms with van der Waals surface area (Å²) in [6, 6.07) is 3.24. The van der Waals surface area contributed by atoms with E-state index in [1.807, 2.05) is 0 Å². The summed E-state index contributed by atoms with van der Waals surface area (Å²) < 4.78 is 0. The SMILES string of the molecule is O=[N+]([O-])c1ccc(NCC23CC4CC(CC(C4)C2)C3)nc1. The molecular formula is C16H21N3O2. The van der Waals surface area contributed by atoms with Crippen LogP contribution in [0.25, 0.3) is 0 Å². The van der Waals surface area contributed by atoms with Gasteiger partial charge in [-0.3, -0.25) is 10.1 Å². The van der Waals surface area contributed by atoms with Crippen LogP contribution in [0.2, 0.25) is 0 Å². The minimum Gasteiger partial charge on any atom is -0.370 e. The fourth-order valence-corrected chi connectivity index (χ4v) is 5.38. The molecule has 4 aliphatic rings. The maximum Gasteiger partial charge on any atom is 0.287 e. The molecule has 4 aliphatic carbocycles. The van der Waals surface area contributed by atoms with E-state index in [0.29, 0.717) is 5.41 Å². The Hall–Kier alpha value is -1.65. The molecule has 21 heavy (non-hydrogen) atoms. The van der Waals surface area contributed by atoms with Gasteiger partial charge in [-0.2, -0.15) is 0 Å². The molecule has 0 aromatic carbocycles. The summed E-state index contributed by atoms with van der Waals surface area (Å²) >= 11 is 0. The maximum absolute atomic E-state index is 10.6. The number of nitro groups is 1. The van der Waals surface area contributed by atoms with Crippen LogP contribution < -0.4 is 5.32 Å². The van der Waals surface area contributed by atoms with Crippen LogP contribution in [-0.2, 0) is 0 Å². The summed E-state index contributed by atoms with van der Waals surface area (Å²) in [5.74, 6) is 3.60. The number of hydrogen-bond donors (Lipinski definition) is 1. The smallest absolute Gasteiger partial charge is 0.287 e. The molecule has 0 amide bonds. The summed E-state index contributed by atoms with van der Waals surface area (Å²) in [5, 5.41) is 14.1. The van der Waals surface area contributed by atoms with Crippen molar-refractivity contribution in [1.29, 1.82) is 0 Å². The van der Waals surface area contributed by atoms with Gasteiger partial charge < -0.3 is 5.32 Å². The van der Waals surface area contributed by atoms with Crippen LogP contribution in [0.1, 0.15) is 38.5 Å². The maximum atomic E-state index is 10.6. The molecule has 5 nitrogen and oxygen atoms in total. The van der Waals surface area contributed by atoms with Gasteiger partial charge in [0.2, 0.25) is 0 Å². The van der Waals surface area contributed by atoms with E-state index in [2.05, 4.69) is 10.3 Å². The summed E-state index contributed by atoms with van der Waals surface area (Å²) in [5.41, 5.74) is 0.508. The Morgan fingerprint density at radius 1 is 1.19 bits per heavy atom. The summed E-state index contributed by atoms with van der Waals surface area (Å²) in [7, 11) is 0. The van der Waals surface area contributed by atoms with E-state index >= 15 is 0 Å². The number of aromatic nitrogens is 1. The molecule has 112 valence electrons. The molecule has 0 radical (unpaired) electrons. The van der Waals surface area contributed by atoms with Crippen LogP contribution in [0.15, 0.2) is 18.3 Å². The van der Waals surface area contributed by atoms with Gasteiger partial charge in [0.15, 0.2) is 0 Å². The Bertz CT molecular complexity index is 520. The van der Waals surface area contributed by atoms with E-state index in [4.69, 9.17) is 0 Å². The average molecular weight is 287 g/mol. The fourth-order valence-electron chi connectivity index (χ4n) is 5.38. The average Bonchev–Trinajstić information content (AvgIpc) is 2.44. The van der Waals surface area contributed by atoms with Crippen LogP contribution in [0.3, 0.4) is 0 Å². The van der Waals surface area contributed by atoms with E-state index < -0.39 is 4.92 Å². The van der Waals surface area contributed by atoms with Crippen molar-refractivity contribution >= 4 is 11.5 Å². The fraction of sp³-hybridized carbons (Fsp3) is 0.688. The van der Waals surface area contributed by atoms with E-state index in [-0.39, 0.29) is 5.69 Å². The first-order valence-electron chi connectivity index (χ1n) is 7.96. The highest BCUT2D eigenvalue weighted by molar-refractivity contribution is 5.40. The quantitative estimate of drug-likeness (QED) is 0.678. The molecule has 1 aromatic heterocycles. The van der Waals surface area contributed by atoms with Gasteiger partial charge in [0.05, 0.1) is 4.92 Å². The number of rotatable bonds is 4. The third kappa shape index (κ3) is 2.39. The van der Waals surface area contributed by atoms with E-state index in [1.54, 1.807) is 6.07 Å². The topological polar surface area (TPSA) is 68.1 Å². The summed E-state index contributed by atoms with van der Waals surface area (Å²) in [6.45, 7) is 0.974. The second kappa shape index (κ2) is 4.68. The van der Waals surface area contributed by atoms with Crippen LogP contribution >= 0.6 is 0 Å². The highest BCUT2D eigenvalue weighted by Crippen LogP contribution is 2.59. The molecule has 0 aliphatic heterocycles. The minimum atomic E-state index is -0.407. The number of pyridine rings is 1. The van der Waals surface area contributed by atoms with Gasteiger partial charge >= 0.3 is 0 Å². The predicted molar refractivity (Wildman–Crippen MR) is 80.0 cm³/mol. The largest absolute Gasteiger partial charge is 0.370 e. The Balaban J connectivity index is 1.43. The van der Waals surface area contributed by atoms with Gasteiger partial charge in [0, 0.05) is 12.6 Å². The van der Waals surface area contributed by atoms with Crippen LogP contribution in [0.4, 0.5) is 11.5 Å². The van der Waals surface area contributed by atoms with Crippen molar-refractivity contribution in [3.05, 3.63) is 28.4 Å². The lowest BCUT2D eigenvalue weighted by Crippen LogP contribution is -2.49. The number of hydrogen-bond acceptors (Lipinski definition) is 4. The lowest BCUT2D eigenvalue weighted by Gasteiger charge is -2.57. The van der Waals surface area contributed by atoms with Crippen molar-refractivity contribution in [3.8, 4) is 0 Å². The van der Waals surface area contributed by atoms with Crippen molar-refractivity contribution in [2.45, 2.75) is 38.5 Å². The Kier molecular flexibility index (Phi) is 2.91. The molecule has 1 N–H and O–H groups in total. The molecule has 0 unspecified atom stereocenters. The highest BCUT2D eigenvalue weighted by Gasteiger charge is 2.50. The van der Waals surface area contributed by atoms with E-state index in [9.17, 15) is 10.1 Å². The van der Waals surface area contributed by atoms with Crippen LogP contribution in [0, 0.1) is 33.3 Å². The Morgan fingerprint density at radius 3 is 2.29 bits per heavy atom. The molecule has 4 bridgehead atoms. The number of nitrogens with zero attached hydrogens (tertiary/aromatic N) is 2. The van der Waals surface area contributed by atoms with Crippen molar-refractivity contribution < 1.29 is 4.92 Å². The zero-order valence-corrected chi connectivity index (χ0v) is 12.1. The molecule has 0 saturated heterocycles. The minimum absolute atomic E-state index is 0.0513. The van der Waals surface area contributed by atoms with Crippen LogP contribution in [0.5, 0.6) is 0 Å². The Morgan fingerprint density at radius 2 is 1.81 bits per heavy atom. The molecule has 1 aromatic rings. The second-order valence-electron chi connectivity index (χ2n) is 7.43. The monoisotopic (exact) mass is 287 g/mol. The first-order valence-corrected chi connectivity index (χ1v) is 7.96. The van der Waals surface area contributed by atoms with Gasteiger partial charge in [0.25, 0.3) is 5.69 Å². The van der Waals surface area contributed by atoms with Gasteiger partial charge in [-0.1, -0.05) is 0 Å². The lowest BCUT2D eigenvalue weighted by atomic mass is 9.49. The zero-order valence-electron chi connectivity index (χ0n) is 12.1. The first kappa shape index (κ1) is 13.0. The normalized spacial score (nSPS) is 36.7. The summed E-state index contributed by atoms with van der Waals surface area (Å²) in [4.78, 5) is 14.4. The molecule has 0 spiro atoms. The molecule has 4 fully saturated rings.